The Bertz CT molecular complexity index is 802. The molecule has 3 rings (SSSR count). The van der Waals surface area contributed by atoms with Crippen LogP contribution in [0, 0.1) is 0 Å². The van der Waals surface area contributed by atoms with Gasteiger partial charge in [-0.25, -0.2) is 0 Å². The van der Waals surface area contributed by atoms with Crippen LogP contribution in [0.1, 0.15) is 22.8 Å². The third-order valence-electron chi connectivity index (χ3n) is 4.63. The van der Waals surface area contributed by atoms with Gasteiger partial charge >= 0.3 is 0 Å². The lowest BCUT2D eigenvalue weighted by molar-refractivity contribution is -0.116. The van der Waals surface area contributed by atoms with E-state index in [4.69, 9.17) is 0 Å². The van der Waals surface area contributed by atoms with E-state index in [1.807, 2.05) is 48.7 Å². The van der Waals surface area contributed by atoms with Crippen LogP contribution < -0.4 is 10.2 Å². The van der Waals surface area contributed by atoms with Crippen molar-refractivity contribution in [2.45, 2.75) is 17.4 Å². The van der Waals surface area contributed by atoms with Gasteiger partial charge in [0.25, 0.3) is 0 Å². The van der Waals surface area contributed by atoms with Crippen LogP contribution in [0.15, 0.2) is 53.4 Å². The number of likely N-dealkylation sites (N-methyl/N-ethyl adjacent to an activating group) is 1. The number of carbonyl (C=O) groups is 1. The monoisotopic (exact) mass is 368 g/mol. The second kappa shape index (κ2) is 8.43. The molecular weight excluding hydrogens is 344 g/mol. The van der Waals surface area contributed by atoms with Crippen LogP contribution in [-0.2, 0) is 11.2 Å². The molecule has 4 nitrogen and oxygen atoms in total. The summed E-state index contributed by atoms with van der Waals surface area (Å²) < 4.78 is 0. The van der Waals surface area contributed by atoms with E-state index >= 15 is 0 Å². The molecule has 0 fully saturated rings. The molecule has 26 heavy (non-hydrogen) atoms. The van der Waals surface area contributed by atoms with Gasteiger partial charge in [-0.2, -0.15) is 0 Å². The average molecular weight is 369 g/mol. The standard InChI is InChI=1S/C21H24N2O2S/c1-23-12-11-16-13-17(6-9-19(16)23)20(24)14-22-21(25)10-5-15-3-7-18(26-2)8-4-15/h3-10,13,20,24H,11-12,14H2,1-2H3,(H,22,25)/b10-5+. The summed E-state index contributed by atoms with van der Waals surface area (Å²) in [6, 6.07) is 14.0. The summed E-state index contributed by atoms with van der Waals surface area (Å²) in [5.41, 5.74) is 4.29. The highest BCUT2D eigenvalue weighted by Gasteiger charge is 2.17. The van der Waals surface area contributed by atoms with Crippen molar-refractivity contribution >= 4 is 29.4 Å². The predicted octanol–water partition coefficient (Wildman–Crippen LogP) is 3.26. The predicted molar refractivity (Wildman–Crippen MR) is 109 cm³/mol. The molecule has 0 aliphatic carbocycles. The van der Waals surface area contributed by atoms with Crippen molar-refractivity contribution in [2.24, 2.45) is 0 Å². The van der Waals surface area contributed by atoms with Gasteiger partial charge in [0.2, 0.25) is 5.91 Å². The van der Waals surface area contributed by atoms with Crippen LogP contribution in [-0.4, -0.2) is 37.4 Å². The smallest absolute Gasteiger partial charge is 0.244 e. The number of hydrogen-bond donors (Lipinski definition) is 2. The van der Waals surface area contributed by atoms with Gasteiger partial charge in [0.05, 0.1) is 6.10 Å². The van der Waals surface area contributed by atoms with Crippen LogP contribution in [0.3, 0.4) is 0 Å². The van der Waals surface area contributed by atoms with Gasteiger partial charge in [-0.05, 0) is 53.6 Å². The minimum Gasteiger partial charge on any atom is -0.387 e. The van der Waals surface area contributed by atoms with Crippen molar-refractivity contribution in [1.82, 2.24) is 5.32 Å². The summed E-state index contributed by atoms with van der Waals surface area (Å²) in [5.74, 6) is -0.209. The maximum atomic E-state index is 12.0. The van der Waals surface area contributed by atoms with Gasteiger partial charge in [0, 0.05) is 36.8 Å². The first-order valence-corrected chi connectivity index (χ1v) is 9.91. The number of benzene rings is 2. The lowest BCUT2D eigenvalue weighted by Crippen LogP contribution is -2.26. The van der Waals surface area contributed by atoms with E-state index in [9.17, 15) is 9.90 Å². The Balaban J connectivity index is 1.53. The number of hydrogen-bond acceptors (Lipinski definition) is 4. The summed E-state index contributed by atoms with van der Waals surface area (Å²) in [7, 11) is 2.07. The number of carbonyl (C=O) groups excluding carboxylic acids is 1. The van der Waals surface area contributed by atoms with E-state index in [1.54, 1.807) is 17.8 Å². The molecule has 0 saturated heterocycles. The number of aliphatic hydroxyl groups excluding tert-OH is 1. The summed E-state index contributed by atoms with van der Waals surface area (Å²) in [6.45, 7) is 1.21. The summed E-state index contributed by atoms with van der Waals surface area (Å²) in [6.07, 6.45) is 5.60. The molecule has 5 heteroatoms. The fourth-order valence-electron chi connectivity index (χ4n) is 3.05. The maximum Gasteiger partial charge on any atom is 0.244 e. The minimum absolute atomic E-state index is 0.198. The van der Waals surface area contributed by atoms with Crippen molar-refractivity contribution in [2.75, 3.05) is 31.3 Å². The first kappa shape index (κ1) is 18.5. The zero-order chi connectivity index (χ0) is 18.5. The zero-order valence-corrected chi connectivity index (χ0v) is 15.9. The van der Waals surface area contributed by atoms with E-state index in [0.29, 0.717) is 0 Å². The molecule has 2 aromatic rings. The Morgan fingerprint density at radius 2 is 2.08 bits per heavy atom. The first-order valence-electron chi connectivity index (χ1n) is 8.69. The van der Waals surface area contributed by atoms with Crippen molar-refractivity contribution in [3.63, 3.8) is 0 Å². The van der Waals surface area contributed by atoms with Crippen molar-refractivity contribution in [1.29, 1.82) is 0 Å². The Morgan fingerprint density at radius 3 is 2.81 bits per heavy atom. The Morgan fingerprint density at radius 1 is 1.31 bits per heavy atom. The lowest BCUT2D eigenvalue weighted by Gasteiger charge is -2.15. The largest absolute Gasteiger partial charge is 0.387 e. The van der Waals surface area contributed by atoms with Crippen molar-refractivity contribution in [3.8, 4) is 0 Å². The highest BCUT2D eigenvalue weighted by Crippen LogP contribution is 2.29. The number of amides is 1. The van der Waals surface area contributed by atoms with E-state index in [2.05, 4.69) is 17.3 Å². The van der Waals surface area contributed by atoms with Gasteiger partial charge < -0.3 is 15.3 Å². The van der Waals surface area contributed by atoms with Crippen LogP contribution in [0.2, 0.25) is 0 Å². The minimum atomic E-state index is -0.704. The Kier molecular flexibility index (Phi) is 6.01. The van der Waals surface area contributed by atoms with Crippen LogP contribution >= 0.6 is 11.8 Å². The van der Waals surface area contributed by atoms with Crippen LogP contribution in [0.4, 0.5) is 5.69 Å². The molecule has 1 unspecified atom stereocenters. The van der Waals surface area contributed by atoms with Crippen molar-refractivity contribution in [3.05, 3.63) is 65.2 Å². The summed E-state index contributed by atoms with van der Waals surface area (Å²) in [4.78, 5) is 15.4. The molecule has 0 radical (unpaired) electrons. The zero-order valence-electron chi connectivity index (χ0n) is 15.1. The fourth-order valence-corrected chi connectivity index (χ4v) is 3.46. The molecule has 0 aromatic heterocycles. The van der Waals surface area contributed by atoms with E-state index in [0.717, 1.165) is 24.1 Å². The Labute approximate surface area is 158 Å². The second-order valence-corrected chi connectivity index (χ2v) is 7.31. The molecule has 0 spiro atoms. The molecule has 1 amide bonds. The third-order valence-corrected chi connectivity index (χ3v) is 5.37. The maximum absolute atomic E-state index is 12.0. The topological polar surface area (TPSA) is 52.6 Å². The summed E-state index contributed by atoms with van der Waals surface area (Å²) >= 11 is 1.68. The average Bonchev–Trinajstić information content (AvgIpc) is 3.05. The number of anilines is 1. The first-order chi connectivity index (χ1) is 12.6. The van der Waals surface area contributed by atoms with Crippen LogP contribution in [0.5, 0.6) is 0 Å². The molecule has 0 bridgehead atoms. The molecule has 136 valence electrons. The fraction of sp³-hybridized carbons (Fsp3) is 0.286. The molecule has 1 aliphatic rings. The highest BCUT2D eigenvalue weighted by molar-refractivity contribution is 7.98. The normalized spacial score (nSPS) is 14.5. The molecule has 0 saturated carbocycles. The number of rotatable bonds is 6. The second-order valence-electron chi connectivity index (χ2n) is 6.43. The van der Waals surface area contributed by atoms with Gasteiger partial charge in [-0.1, -0.05) is 24.3 Å². The molecule has 1 aliphatic heterocycles. The highest BCUT2D eigenvalue weighted by atomic mass is 32.2. The Hall–Kier alpha value is -2.24. The third kappa shape index (κ3) is 4.48. The quantitative estimate of drug-likeness (QED) is 0.607. The van der Waals surface area contributed by atoms with Crippen LogP contribution in [0.25, 0.3) is 6.08 Å². The number of nitrogens with one attached hydrogen (secondary N) is 1. The molecule has 2 N–H and O–H groups in total. The van der Waals surface area contributed by atoms with Gasteiger partial charge in [0.15, 0.2) is 0 Å². The molecule has 1 heterocycles. The van der Waals surface area contributed by atoms with Gasteiger partial charge in [-0.3, -0.25) is 4.79 Å². The number of fused-ring (bicyclic) bond motifs is 1. The van der Waals surface area contributed by atoms with Crippen molar-refractivity contribution < 1.29 is 9.90 Å². The molecule has 1 atom stereocenters. The lowest BCUT2D eigenvalue weighted by atomic mass is 10.0. The molecular formula is C21H24N2O2S. The SMILES string of the molecule is CSc1ccc(/C=C/C(=O)NCC(O)c2ccc3c(c2)CCN3C)cc1. The number of nitrogens with zero attached hydrogens (tertiary/aromatic N) is 1. The van der Waals surface area contributed by atoms with E-state index < -0.39 is 6.10 Å². The summed E-state index contributed by atoms with van der Waals surface area (Å²) in [5, 5.41) is 13.1. The number of thioether (sulfide) groups is 1. The molecule has 2 aromatic carbocycles. The van der Waals surface area contributed by atoms with Gasteiger partial charge in [-0.15, -0.1) is 11.8 Å². The van der Waals surface area contributed by atoms with Gasteiger partial charge in [0.1, 0.15) is 0 Å². The number of aliphatic hydroxyl groups is 1. The van der Waals surface area contributed by atoms with E-state index in [1.165, 1.54) is 22.2 Å². The van der Waals surface area contributed by atoms with E-state index in [-0.39, 0.29) is 12.5 Å².